The number of benzene rings is 1. The van der Waals surface area contributed by atoms with Gasteiger partial charge in [0.15, 0.2) is 0 Å². The highest BCUT2D eigenvalue weighted by atomic mass is 32.2. The molecule has 30 heavy (non-hydrogen) atoms. The van der Waals surface area contributed by atoms with E-state index in [1.807, 2.05) is 44.0 Å². The van der Waals surface area contributed by atoms with Crippen LogP contribution in [0.25, 0.3) is 0 Å². The van der Waals surface area contributed by atoms with Gasteiger partial charge in [-0.2, -0.15) is 0 Å². The Bertz CT molecular complexity index is 922. The van der Waals surface area contributed by atoms with Gasteiger partial charge in [-0.1, -0.05) is 25.1 Å². The quantitative estimate of drug-likeness (QED) is 0.692. The summed E-state index contributed by atoms with van der Waals surface area (Å²) in [5.74, 6) is -0.237. The lowest BCUT2D eigenvalue weighted by Gasteiger charge is -2.52. The van der Waals surface area contributed by atoms with Crippen LogP contribution in [0.2, 0.25) is 0 Å². The molecule has 2 aromatic rings. The summed E-state index contributed by atoms with van der Waals surface area (Å²) in [5.41, 5.74) is 0.997. The smallest absolute Gasteiger partial charge is 0.227 e. The van der Waals surface area contributed by atoms with Crippen LogP contribution in [0.4, 0.5) is 4.39 Å². The van der Waals surface area contributed by atoms with E-state index in [1.165, 1.54) is 12.1 Å². The minimum atomic E-state index is -3.51. The van der Waals surface area contributed by atoms with E-state index in [0.29, 0.717) is 32.5 Å². The molecule has 8 heteroatoms. The van der Waals surface area contributed by atoms with E-state index in [9.17, 15) is 12.8 Å². The molecule has 0 amide bonds. The molecule has 1 saturated heterocycles. The fourth-order valence-corrected chi connectivity index (χ4v) is 6.13. The summed E-state index contributed by atoms with van der Waals surface area (Å²) in [5, 5.41) is 5.40. The van der Waals surface area contributed by atoms with Crippen LogP contribution in [0.1, 0.15) is 38.4 Å². The van der Waals surface area contributed by atoms with Crippen molar-refractivity contribution in [1.82, 2.24) is 19.7 Å². The van der Waals surface area contributed by atoms with Crippen molar-refractivity contribution < 1.29 is 12.8 Å². The van der Waals surface area contributed by atoms with Crippen LogP contribution in [0.3, 0.4) is 0 Å². The van der Waals surface area contributed by atoms with Crippen molar-refractivity contribution in [2.24, 2.45) is 0 Å². The Hall–Kier alpha value is -1.87. The van der Waals surface area contributed by atoms with Crippen LogP contribution in [-0.4, -0.2) is 54.3 Å². The largest absolute Gasteiger partial charge is 0.313 e. The maximum absolute atomic E-state index is 13.7. The van der Waals surface area contributed by atoms with Gasteiger partial charge in [0.2, 0.25) is 10.0 Å². The van der Waals surface area contributed by atoms with E-state index in [0.717, 1.165) is 11.3 Å². The monoisotopic (exact) mass is 434 g/mol. The number of pyridine rings is 1. The Kier molecular flexibility index (Phi) is 7.23. The van der Waals surface area contributed by atoms with Crippen molar-refractivity contribution in [3.8, 4) is 0 Å². The summed E-state index contributed by atoms with van der Waals surface area (Å²) in [6, 6.07) is 11.9. The average Bonchev–Trinajstić information content (AvgIpc) is 2.70. The highest BCUT2D eigenvalue weighted by Gasteiger charge is 2.47. The maximum atomic E-state index is 13.7. The van der Waals surface area contributed by atoms with Gasteiger partial charge in [-0.25, -0.2) is 17.8 Å². The third kappa shape index (κ3) is 4.72. The summed E-state index contributed by atoms with van der Waals surface area (Å²) in [6.45, 7) is 7.37. The molecule has 0 spiro atoms. The van der Waals surface area contributed by atoms with Crippen molar-refractivity contribution in [3.63, 3.8) is 0 Å². The summed E-state index contributed by atoms with van der Waals surface area (Å²) in [4.78, 5) is 4.50. The summed E-state index contributed by atoms with van der Waals surface area (Å²) < 4.78 is 41.8. The van der Waals surface area contributed by atoms with E-state index in [2.05, 4.69) is 10.3 Å². The number of rotatable bonds is 8. The Morgan fingerprint density at radius 1 is 1.23 bits per heavy atom. The van der Waals surface area contributed by atoms with Gasteiger partial charge < -0.3 is 5.32 Å². The van der Waals surface area contributed by atoms with Gasteiger partial charge >= 0.3 is 0 Å². The number of nitrogens with one attached hydrogen (secondary N) is 1. The van der Waals surface area contributed by atoms with Crippen LogP contribution in [0.5, 0.6) is 0 Å². The molecule has 2 heterocycles. The summed E-state index contributed by atoms with van der Waals surface area (Å²) in [7, 11) is -3.51. The van der Waals surface area contributed by atoms with Crippen molar-refractivity contribution in [3.05, 3.63) is 65.7 Å². The van der Waals surface area contributed by atoms with Gasteiger partial charge in [-0.05, 0) is 50.1 Å². The molecule has 1 unspecified atom stereocenters. The highest BCUT2D eigenvalue weighted by Crippen LogP contribution is 2.37. The van der Waals surface area contributed by atoms with Gasteiger partial charge in [0.25, 0.3) is 0 Å². The molecule has 0 radical (unpaired) electrons. The molecule has 1 aliphatic heterocycles. The second kappa shape index (κ2) is 9.51. The molecule has 0 bridgehead atoms. The van der Waals surface area contributed by atoms with Crippen LogP contribution in [0.15, 0.2) is 48.7 Å². The Balaban J connectivity index is 2.17. The predicted molar refractivity (Wildman–Crippen MR) is 117 cm³/mol. The Labute approximate surface area is 179 Å². The lowest BCUT2D eigenvalue weighted by molar-refractivity contribution is -0.0873. The third-order valence-corrected chi connectivity index (χ3v) is 7.53. The molecule has 1 N–H and O–H groups in total. The van der Waals surface area contributed by atoms with Crippen molar-refractivity contribution in [2.75, 3.05) is 25.4 Å². The number of piperazine rings is 1. The predicted octanol–water partition coefficient (Wildman–Crippen LogP) is 2.93. The molecular weight excluding hydrogens is 403 g/mol. The minimum absolute atomic E-state index is 0.0815. The van der Waals surface area contributed by atoms with Crippen LogP contribution in [-0.2, 0) is 22.0 Å². The molecule has 1 aliphatic rings. The Morgan fingerprint density at radius 3 is 2.57 bits per heavy atom. The number of nitrogens with zero attached hydrogens (tertiary/aromatic N) is 3. The number of aromatic nitrogens is 1. The Morgan fingerprint density at radius 2 is 1.97 bits per heavy atom. The van der Waals surface area contributed by atoms with E-state index in [1.54, 1.807) is 22.7 Å². The highest BCUT2D eigenvalue weighted by molar-refractivity contribution is 7.89. The summed E-state index contributed by atoms with van der Waals surface area (Å²) >= 11 is 0. The molecule has 1 aromatic heterocycles. The van der Waals surface area contributed by atoms with Gasteiger partial charge in [0.05, 0.1) is 11.3 Å². The fourth-order valence-electron chi connectivity index (χ4n) is 4.24. The van der Waals surface area contributed by atoms with Gasteiger partial charge in [-0.15, -0.1) is 4.41 Å². The first-order chi connectivity index (χ1) is 14.3. The normalized spacial score (nSPS) is 20.7. The standard InChI is InChI=1S/C22H31FN4O2S/c1-4-15-30(28,29)27(18(2)3)26-14-13-24-17-22(26,16-21-7-5-6-12-25-21)19-8-10-20(23)11-9-19/h5-12,18,24H,4,13-17H2,1-3H3. The number of hydrogen-bond acceptors (Lipinski definition) is 5. The summed E-state index contributed by atoms with van der Waals surface area (Å²) in [6.07, 6.45) is 2.78. The SMILES string of the molecule is CCCS(=O)(=O)N(C(C)C)N1CCNCC1(Cc1ccccn1)c1ccc(F)cc1. The molecule has 0 saturated carbocycles. The van der Waals surface area contributed by atoms with Crippen molar-refractivity contribution in [1.29, 1.82) is 0 Å². The number of hydrazine groups is 1. The first-order valence-corrected chi connectivity index (χ1v) is 12.1. The van der Waals surface area contributed by atoms with Crippen molar-refractivity contribution in [2.45, 2.75) is 45.2 Å². The van der Waals surface area contributed by atoms with Crippen LogP contribution >= 0.6 is 0 Å². The van der Waals surface area contributed by atoms with E-state index in [-0.39, 0.29) is 17.6 Å². The van der Waals surface area contributed by atoms with Crippen LogP contribution in [0, 0.1) is 5.82 Å². The van der Waals surface area contributed by atoms with Crippen LogP contribution < -0.4 is 5.32 Å². The molecule has 164 valence electrons. The number of sulfonamides is 1. The maximum Gasteiger partial charge on any atom is 0.227 e. The first-order valence-electron chi connectivity index (χ1n) is 10.5. The topological polar surface area (TPSA) is 65.5 Å². The van der Waals surface area contributed by atoms with Crippen molar-refractivity contribution >= 4 is 10.0 Å². The lowest BCUT2D eigenvalue weighted by atomic mass is 9.83. The number of halogens is 1. The molecule has 6 nitrogen and oxygen atoms in total. The number of hydrogen-bond donors (Lipinski definition) is 1. The zero-order chi connectivity index (χ0) is 21.8. The second-order valence-electron chi connectivity index (χ2n) is 8.02. The molecule has 3 rings (SSSR count). The van der Waals surface area contributed by atoms with Gasteiger partial charge in [0.1, 0.15) is 5.82 Å². The van der Waals surface area contributed by atoms with Gasteiger partial charge in [-0.3, -0.25) is 4.98 Å². The molecule has 1 aromatic carbocycles. The molecule has 1 atom stereocenters. The minimum Gasteiger partial charge on any atom is -0.313 e. The zero-order valence-electron chi connectivity index (χ0n) is 17.9. The zero-order valence-corrected chi connectivity index (χ0v) is 18.7. The molecule has 1 fully saturated rings. The van der Waals surface area contributed by atoms with E-state index < -0.39 is 15.6 Å². The molecule has 0 aliphatic carbocycles. The first kappa shape index (κ1) is 22.8. The third-order valence-electron chi connectivity index (χ3n) is 5.42. The average molecular weight is 435 g/mol. The molecular formula is C22H31FN4O2S. The van der Waals surface area contributed by atoms with E-state index >= 15 is 0 Å². The second-order valence-corrected chi connectivity index (χ2v) is 9.96. The fraction of sp³-hybridized carbons (Fsp3) is 0.500. The van der Waals surface area contributed by atoms with E-state index in [4.69, 9.17) is 0 Å². The van der Waals surface area contributed by atoms with Gasteiger partial charge in [0, 0.05) is 44.0 Å². The lowest BCUT2D eigenvalue weighted by Crippen LogP contribution is -2.68.